The topological polar surface area (TPSA) is 22.4 Å². The van der Waals surface area contributed by atoms with Gasteiger partial charge in [-0.05, 0) is 60.8 Å². The first kappa shape index (κ1) is 16.8. The normalized spacial score (nSPS) is 34.9. The van der Waals surface area contributed by atoms with Crippen molar-refractivity contribution in [1.29, 1.82) is 0 Å². The Hall–Kier alpha value is -1.02. The molecule has 0 saturated heterocycles. The van der Waals surface area contributed by atoms with Gasteiger partial charge < -0.3 is 9.15 Å². The summed E-state index contributed by atoms with van der Waals surface area (Å²) in [5, 5.41) is 0. The Bertz CT molecular complexity index is 542. The van der Waals surface area contributed by atoms with Gasteiger partial charge in [0.2, 0.25) is 0 Å². The van der Waals surface area contributed by atoms with Gasteiger partial charge in [0.1, 0.15) is 0 Å². The summed E-state index contributed by atoms with van der Waals surface area (Å²) in [6.45, 7) is 11.9. The van der Waals surface area contributed by atoms with E-state index in [4.69, 9.17) is 9.15 Å². The summed E-state index contributed by atoms with van der Waals surface area (Å²) in [4.78, 5) is 0. The maximum atomic E-state index is 5.82. The molecule has 2 nitrogen and oxygen atoms in total. The Labute approximate surface area is 141 Å². The summed E-state index contributed by atoms with van der Waals surface area (Å²) in [6, 6.07) is 2.03. The molecule has 0 amide bonds. The Kier molecular flexibility index (Phi) is 4.48. The lowest BCUT2D eigenvalue weighted by Gasteiger charge is -2.58. The highest BCUT2D eigenvalue weighted by atomic mass is 16.5. The van der Waals surface area contributed by atoms with Crippen molar-refractivity contribution in [2.45, 2.75) is 65.4 Å². The van der Waals surface area contributed by atoms with Crippen LogP contribution in [0.1, 0.15) is 71.0 Å². The van der Waals surface area contributed by atoms with Crippen molar-refractivity contribution in [3.8, 4) is 0 Å². The molecule has 2 aliphatic carbocycles. The van der Waals surface area contributed by atoms with Crippen LogP contribution in [-0.2, 0) is 4.74 Å². The number of methoxy groups -OCH3 is 1. The van der Waals surface area contributed by atoms with Crippen molar-refractivity contribution in [3.05, 3.63) is 36.3 Å². The van der Waals surface area contributed by atoms with E-state index < -0.39 is 0 Å². The highest BCUT2D eigenvalue weighted by Crippen LogP contribution is 2.62. The van der Waals surface area contributed by atoms with E-state index in [1.54, 1.807) is 6.26 Å². The molecule has 128 valence electrons. The Balaban J connectivity index is 1.88. The van der Waals surface area contributed by atoms with Gasteiger partial charge >= 0.3 is 0 Å². The van der Waals surface area contributed by atoms with E-state index >= 15 is 0 Å². The lowest BCUT2D eigenvalue weighted by molar-refractivity contribution is -0.0672. The molecule has 2 saturated carbocycles. The van der Waals surface area contributed by atoms with E-state index in [9.17, 15) is 0 Å². The number of rotatable bonds is 4. The molecular weight excluding hydrogens is 284 g/mol. The van der Waals surface area contributed by atoms with Crippen LogP contribution < -0.4 is 0 Å². The van der Waals surface area contributed by atoms with Gasteiger partial charge in [0.05, 0.1) is 18.6 Å². The lowest BCUT2D eigenvalue weighted by atomic mass is 9.47. The second kappa shape index (κ2) is 6.12. The summed E-state index contributed by atoms with van der Waals surface area (Å²) >= 11 is 0. The molecular formula is C21H32O2. The molecule has 1 unspecified atom stereocenters. The lowest BCUT2D eigenvalue weighted by Crippen LogP contribution is -2.49. The van der Waals surface area contributed by atoms with Gasteiger partial charge in [0.25, 0.3) is 0 Å². The van der Waals surface area contributed by atoms with Gasteiger partial charge in [-0.15, -0.1) is 0 Å². The zero-order valence-corrected chi connectivity index (χ0v) is 15.2. The van der Waals surface area contributed by atoms with Crippen molar-refractivity contribution in [3.63, 3.8) is 0 Å². The number of ether oxygens (including phenoxy) is 1. The zero-order valence-electron chi connectivity index (χ0n) is 15.2. The third kappa shape index (κ3) is 2.91. The fraction of sp³-hybridized carbons (Fsp3) is 0.714. The molecule has 0 spiro atoms. The van der Waals surface area contributed by atoms with E-state index in [1.165, 1.54) is 37.7 Å². The van der Waals surface area contributed by atoms with E-state index in [2.05, 4.69) is 27.4 Å². The summed E-state index contributed by atoms with van der Waals surface area (Å²) < 4.78 is 11.1. The van der Waals surface area contributed by atoms with Crippen molar-refractivity contribution in [1.82, 2.24) is 0 Å². The van der Waals surface area contributed by atoms with Crippen LogP contribution in [0.15, 0.2) is 35.2 Å². The quantitative estimate of drug-likeness (QED) is 0.621. The average molecular weight is 316 g/mol. The molecule has 0 radical (unpaired) electrons. The molecule has 2 aliphatic rings. The van der Waals surface area contributed by atoms with Gasteiger partial charge in [-0.2, -0.15) is 0 Å². The van der Waals surface area contributed by atoms with Crippen molar-refractivity contribution < 1.29 is 9.15 Å². The number of fused-ring (bicyclic) bond motifs is 1. The van der Waals surface area contributed by atoms with E-state index in [0.29, 0.717) is 16.7 Å². The van der Waals surface area contributed by atoms with Crippen LogP contribution in [0.3, 0.4) is 0 Å². The molecule has 0 bridgehead atoms. The van der Waals surface area contributed by atoms with Crippen LogP contribution in [0, 0.1) is 22.7 Å². The first-order valence-corrected chi connectivity index (χ1v) is 9.11. The van der Waals surface area contributed by atoms with E-state index in [1.807, 2.05) is 19.4 Å². The fourth-order valence-electron chi connectivity index (χ4n) is 5.75. The van der Waals surface area contributed by atoms with Crippen LogP contribution in [0.5, 0.6) is 0 Å². The van der Waals surface area contributed by atoms with E-state index in [-0.39, 0.29) is 6.10 Å². The van der Waals surface area contributed by atoms with Crippen LogP contribution in [0.4, 0.5) is 0 Å². The first-order valence-electron chi connectivity index (χ1n) is 9.11. The van der Waals surface area contributed by atoms with E-state index in [0.717, 1.165) is 17.9 Å². The maximum Gasteiger partial charge on any atom is 0.0960 e. The second-order valence-corrected chi connectivity index (χ2v) is 8.67. The predicted molar refractivity (Wildman–Crippen MR) is 94.2 cm³/mol. The van der Waals surface area contributed by atoms with Crippen LogP contribution in [-0.4, -0.2) is 7.11 Å². The summed E-state index contributed by atoms with van der Waals surface area (Å²) in [6.07, 6.45) is 11.2. The molecule has 0 N–H and O–H groups in total. The average Bonchev–Trinajstić information content (AvgIpc) is 3.00. The maximum absolute atomic E-state index is 5.82. The number of furan rings is 1. The Morgan fingerprint density at radius 2 is 2.13 bits per heavy atom. The van der Waals surface area contributed by atoms with Gasteiger partial charge in [0, 0.05) is 12.7 Å². The smallest absolute Gasteiger partial charge is 0.0960 e. The largest absolute Gasteiger partial charge is 0.472 e. The van der Waals surface area contributed by atoms with Gasteiger partial charge in [-0.3, -0.25) is 0 Å². The highest BCUT2D eigenvalue weighted by molar-refractivity contribution is 5.18. The minimum absolute atomic E-state index is 0.108. The number of allylic oxidation sites excluding steroid dienone is 1. The standard InChI is InChI=1S/C21H32O2/c1-15-7-8-19-20(2,3)10-6-11-21(19,4)17(15)13-18(22-5)16-9-12-23-14-16/h9,12,14,17-19H,1,6-8,10-11,13H2,2-5H3/t17-,18?,19-,21+/m0/s1. The Morgan fingerprint density at radius 3 is 2.78 bits per heavy atom. The number of hydrogen-bond acceptors (Lipinski definition) is 2. The monoisotopic (exact) mass is 316 g/mol. The minimum atomic E-state index is 0.108. The van der Waals surface area contributed by atoms with Crippen molar-refractivity contribution >= 4 is 0 Å². The predicted octanol–water partition coefficient (Wildman–Crippen LogP) is 6.16. The second-order valence-electron chi connectivity index (χ2n) is 8.67. The fourth-order valence-corrected chi connectivity index (χ4v) is 5.75. The van der Waals surface area contributed by atoms with Crippen LogP contribution >= 0.6 is 0 Å². The van der Waals surface area contributed by atoms with Gasteiger partial charge in [-0.25, -0.2) is 0 Å². The number of hydrogen-bond donors (Lipinski definition) is 0. The SMILES string of the molecule is C=C1CC[C@H]2C(C)(C)CCC[C@]2(C)[C@H]1CC(OC)c1ccoc1. The zero-order chi connectivity index (χ0) is 16.7. The molecule has 2 heteroatoms. The Morgan fingerprint density at radius 1 is 1.35 bits per heavy atom. The van der Waals surface area contributed by atoms with Crippen molar-refractivity contribution in [2.24, 2.45) is 22.7 Å². The molecule has 0 aromatic carbocycles. The molecule has 1 aromatic heterocycles. The van der Waals surface area contributed by atoms with Crippen LogP contribution in [0.2, 0.25) is 0 Å². The third-order valence-corrected chi connectivity index (χ3v) is 6.97. The van der Waals surface area contributed by atoms with Crippen LogP contribution in [0.25, 0.3) is 0 Å². The van der Waals surface area contributed by atoms with Gasteiger partial charge in [-0.1, -0.05) is 39.3 Å². The third-order valence-electron chi connectivity index (χ3n) is 6.97. The summed E-state index contributed by atoms with van der Waals surface area (Å²) in [5.41, 5.74) is 3.40. The molecule has 3 rings (SSSR count). The van der Waals surface area contributed by atoms with Gasteiger partial charge in [0.15, 0.2) is 0 Å². The molecule has 1 heterocycles. The summed E-state index contributed by atoms with van der Waals surface area (Å²) in [7, 11) is 1.81. The molecule has 2 fully saturated rings. The molecule has 0 aliphatic heterocycles. The molecule has 23 heavy (non-hydrogen) atoms. The summed E-state index contributed by atoms with van der Waals surface area (Å²) in [5.74, 6) is 1.33. The minimum Gasteiger partial charge on any atom is -0.472 e. The first-order chi connectivity index (χ1) is 10.9. The highest BCUT2D eigenvalue weighted by Gasteiger charge is 2.53. The molecule has 1 aromatic rings. The molecule has 4 atom stereocenters. The van der Waals surface area contributed by atoms with Crippen molar-refractivity contribution in [2.75, 3.05) is 7.11 Å².